The second-order valence-electron chi connectivity index (χ2n) is 6.83. The number of carbonyl (C=O) groups excluding carboxylic acids is 1. The van der Waals surface area contributed by atoms with Crippen molar-refractivity contribution >= 4 is 11.7 Å². The van der Waals surface area contributed by atoms with E-state index in [4.69, 9.17) is 4.74 Å². The van der Waals surface area contributed by atoms with E-state index in [9.17, 15) is 4.79 Å². The van der Waals surface area contributed by atoms with Gasteiger partial charge in [-0.25, -0.2) is 9.48 Å². The summed E-state index contributed by atoms with van der Waals surface area (Å²) in [5.41, 5.74) is 2.80. The molecule has 2 saturated heterocycles. The number of benzene rings is 1. The first kappa shape index (κ1) is 16.1. The fourth-order valence-electron chi connectivity index (χ4n) is 3.83. The molecule has 1 aromatic heterocycles. The van der Waals surface area contributed by atoms with Crippen molar-refractivity contribution in [1.29, 1.82) is 0 Å². The van der Waals surface area contributed by atoms with E-state index in [1.807, 2.05) is 42.3 Å². The van der Waals surface area contributed by atoms with Crippen LogP contribution in [-0.2, 0) is 4.74 Å². The van der Waals surface area contributed by atoms with Crippen LogP contribution in [0.1, 0.15) is 31.2 Å². The van der Waals surface area contributed by atoms with Gasteiger partial charge in [0.1, 0.15) is 0 Å². The molecular weight excluding hydrogens is 316 g/mol. The fraction of sp³-hybridized carbons (Fsp3) is 0.474. The first-order chi connectivity index (χ1) is 12.2. The lowest BCUT2D eigenvalue weighted by Crippen LogP contribution is -2.44. The molecule has 1 aromatic carbocycles. The van der Waals surface area contributed by atoms with E-state index in [0.717, 1.165) is 55.8 Å². The summed E-state index contributed by atoms with van der Waals surface area (Å²) in [5, 5.41) is 7.35. The van der Waals surface area contributed by atoms with E-state index in [-0.39, 0.29) is 18.2 Å². The molecule has 2 aliphatic rings. The predicted molar refractivity (Wildman–Crippen MR) is 96.0 cm³/mol. The maximum Gasteiger partial charge on any atom is 0.322 e. The van der Waals surface area contributed by atoms with Crippen LogP contribution in [0.5, 0.6) is 0 Å². The molecule has 3 heterocycles. The molecule has 2 fully saturated rings. The lowest BCUT2D eigenvalue weighted by Gasteiger charge is -2.29. The topological polar surface area (TPSA) is 59.4 Å². The number of anilines is 1. The standard InChI is InChI=1S/C19H24N4O2/c1-14-7-8-15(23-11-4-9-20-23)13-16(14)21-19(24)22-10-2-5-17(22)18-6-3-12-25-18/h4,7-9,11,13,17-18H,2-3,5-6,10,12H2,1H3,(H,21,24)/t17-,18+/m0/s1. The quantitative estimate of drug-likeness (QED) is 0.932. The molecule has 2 aromatic rings. The average Bonchev–Trinajstić information content (AvgIpc) is 3.37. The van der Waals surface area contributed by atoms with Gasteiger partial charge in [-0.2, -0.15) is 5.10 Å². The molecule has 1 N–H and O–H groups in total. The highest BCUT2D eigenvalue weighted by molar-refractivity contribution is 5.91. The number of nitrogens with one attached hydrogen (secondary N) is 1. The van der Waals surface area contributed by atoms with Crippen molar-refractivity contribution in [3.05, 3.63) is 42.2 Å². The maximum atomic E-state index is 12.9. The number of ether oxygens (including phenoxy) is 1. The Kier molecular flexibility index (Phi) is 4.44. The van der Waals surface area contributed by atoms with Crippen molar-refractivity contribution < 1.29 is 9.53 Å². The minimum Gasteiger partial charge on any atom is -0.376 e. The summed E-state index contributed by atoms with van der Waals surface area (Å²) in [6.45, 7) is 3.62. The van der Waals surface area contributed by atoms with Crippen LogP contribution in [0.15, 0.2) is 36.7 Å². The number of likely N-dealkylation sites (tertiary alicyclic amines) is 1. The number of hydrogen-bond acceptors (Lipinski definition) is 3. The number of hydrogen-bond donors (Lipinski definition) is 1. The zero-order chi connectivity index (χ0) is 17.2. The number of urea groups is 1. The molecule has 0 aliphatic carbocycles. The molecule has 2 amide bonds. The molecule has 6 heteroatoms. The second-order valence-corrected chi connectivity index (χ2v) is 6.83. The average molecular weight is 340 g/mol. The number of rotatable bonds is 3. The Balaban J connectivity index is 1.51. The van der Waals surface area contributed by atoms with Gasteiger partial charge >= 0.3 is 6.03 Å². The van der Waals surface area contributed by atoms with Crippen molar-refractivity contribution in [2.75, 3.05) is 18.5 Å². The first-order valence-corrected chi connectivity index (χ1v) is 9.02. The molecule has 132 valence electrons. The number of amides is 2. The third kappa shape index (κ3) is 3.26. The first-order valence-electron chi connectivity index (χ1n) is 9.02. The van der Waals surface area contributed by atoms with Crippen LogP contribution in [0.25, 0.3) is 5.69 Å². The van der Waals surface area contributed by atoms with Gasteiger partial charge in [0.05, 0.1) is 17.8 Å². The maximum absolute atomic E-state index is 12.9. The Morgan fingerprint density at radius 1 is 1.32 bits per heavy atom. The summed E-state index contributed by atoms with van der Waals surface area (Å²) in [7, 11) is 0. The van der Waals surface area contributed by atoms with Gasteiger partial charge in [0.25, 0.3) is 0 Å². The Hall–Kier alpha value is -2.34. The molecule has 2 atom stereocenters. The predicted octanol–water partition coefficient (Wildman–Crippen LogP) is 3.36. The summed E-state index contributed by atoms with van der Waals surface area (Å²) in [4.78, 5) is 14.8. The number of carbonyl (C=O) groups is 1. The second kappa shape index (κ2) is 6.88. The van der Waals surface area contributed by atoms with Crippen molar-refractivity contribution in [2.45, 2.75) is 44.8 Å². The molecule has 0 bridgehead atoms. The van der Waals surface area contributed by atoms with E-state index >= 15 is 0 Å². The summed E-state index contributed by atoms with van der Waals surface area (Å²) in [5.74, 6) is 0. The molecule has 4 rings (SSSR count). The zero-order valence-electron chi connectivity index (χ0n) is 14.5. The molecular formula is C19H24N4O2. The van der Waals surface area contributed by atoms with Gasteiger partial charge in [-0.1, -0.05) is 6.07 Å². The molecule has 25 heavy (non-hydrogen) atoms. The van der Waals surface area contributed by atoms with Crippen LogP contribution in [0, 0.1) is 6.92 Å². The van der Waals surface area contributed by atoms with Crippen LogP contribution >= 0.6 is 0 Å². The third-order valence-electron chi connectivity index (χ3n) is 5.19. The van der Waals surface area contributed by atoms with Crippen LogP contribution in [0.3, 0.4) is 0 Å². The molecule has 0 unspecified atom stereocenters. The minimum atomic E-state index is -0.0290. The lowest BCUT2D eigenvalue weighted by atomic mass is 10.1. The van der Waals surface area contributed by atoms with Gasteiger partial charge < -0.3 is 15.0 Å². The van der Waals surface area contributed by atoms with E-state index in [0.29, 0.717) is 0 Å². The fourth-order valence-corrected chi connectivity index (χ4v) is 3.83. The van der Waals surface area contributed by atoms with Gasteiger partial charge in [-0.05, 0) is 56.4 Å². The molecule has 0 spiro atoms. The largest absolute Gasteiger partial charge is 0.376 e. The van der Waals surface area contributed by atoms with Crippen molar-refractivity contribution in [1.82, 2.24) is 14.7 Å². The number of nitrogens with zero attached hydrogens (tertiary/aromatic N) is 3. The smallest absolute Gasteiger partial charge is 0.322 e. The third-order valence-corrected chi connectivity index (χ3v) is 5.19. The normalized spacial score (nSPS) is 23.2. The summed E-state index contributed by atoms with van der Waals surface area (Å²) in [6.07, 6.45) is 8.07. The van der Waals surface area contributed by atoms with Gasteiger partial charge in [-0.3, -0.25) is 0 Å². The Labute approximate surface area is 147 Å². The van der Waals surface area contributed by atoms with Gasteiger partial charge in [0, 0.05) is 31.2 Å². The van der Waals surface area contributed by atoms with Crippen LogP contribution in [-0.4, -0.2) is 46.0 Å². The van der Waals surface area contributed by atoms with Crippen LogP contribution in [0.2, 0.25) is 0 Å². The highest BCUT2D eigenvalue weighted by Gasteiger charge is 2.36. The van der Waals surface area contributed by atoms with Gasteiger partial charge in [-0.15, -0.1) is 0 Å². The summed E-state index contributed by atoms with van der Waals surface area (Å²) < 4.78 is 7.62. The van der Waals surface area contributed by atoms with Gasteiger partial charge in [0.15, 0.2) is 0 Å². The number of aryl methyl sites for hydroxylation is 1. The minimum absolute atomic E-state index is 0.0290. The zero-order valence-corrected chi connectivity index (χ0v) is 14.5. The van der Waals surface area contributed by atoms with Gasteiger partial charge in [0.2, 0.25) is 0 Å². The van der Waals surface area contributed by atoms with E-state index in [2.05, 4.69) is 10.4 Å². The molecule has 2 aliphatic heterocycles. The monoisotopic (exact) mass is 340 g/mol. The van der Waals surface area contributed by atoms with E-state index < -0.39 is 0 Å². The molecule has 0 saturated carbocycles. The van der Waals surface area contributed by atoms with Crippen LogP contribution in [0.4, 0.5) is 10.5 Å². The van der Waals surface area contributed by atoms with Crippen molar-refractivity contribution in [3.8, 4) is 5.69 Å². The molecule has 0 radical (unpaired) electrons. The number of aromatic nitrogens is 2. The SMILES string of the molecule is Cc1ccc(-n2cccn2)cc1NC(=O)N1CCC[C@H]1[C@H]1CCCO1. The summed E-state index contributed by atoms with van der Waals surface area (Å²) in [6, 6.07) is 8.04. The highest BCUT2D eigenvalue weighted by atomic mass is 16.5. The Morgan fingerprint density at radius 2 is 2.24 bits per heavy atom. The van der Waals surface area contributed by atoms with Crippen molar-refractivity contribution in [3.63, 3.8) is 0 Å². The Morgan fingerprint density at radius 3 is 3.00 bits per heavy atom. The highest BCUT2D eigenvalue weighted by Crippen LogP contribution is 2.29. The van der Waals surface area contributed by atoms with E-state index in [1.54, 1.807) is 10.9 Å². The molecule has 6 nitrogen and oxygen atoms in total. The summed E-state index contributed by atoms with van der Waals surface area (Å²) >= 11 is 0. The van der Waals surface area contributed by atoms with E-state index in [1.165, 1.54) is 0 Å². The lowest BCUT2D eigenvalue weighted by molar-refractivity contribution is 0.0543. The Bertz CT molecular complexity index is 738. The van der Waals surface area contributed by atoms with Crippen LogP contribution < -0.4 is 5.32 Å². The van der Waals surface area contributed by atoms with Crippen molar-refractivity contribution in [2.24, 2.45) is 0 Å².